The molecule has 4 N–H and O–H groups in total. The first-order valence-electron chi connectivity index (χ1n) is 7.38. The van der Waals surface area contributed by atoms with Crippen LogP contribution in [0.4, 0.5) is 11.4 Å². The lowest BCUT2D eigenvalue weighted by Gasteiger charge is -2.32. The first-order valence-corrected chi connectivity index (χ1v) is 7.38. The number of rotatable bonds is 3. The zero-order valence-corrected chi connectivity index (χ0v) is 12.7. The Morgan fingerprint density at radius 3 is 1.50 bits per heavy atom. The van der Waals surface area contributed by atoms with Gasteiger partial charge in [0.25, 0.3) is 0 Å². The summed E-state index contributed by atoms with van der Waals surface area (Å²) in [7, 11) is 0. The van der Waals surface area contributed by atoms with Crippen LogP contribution in [0.1, 0.15) is 23.6 Å². The molecule has 0 heterocycles. The van der Waals surface area contributed by atoms with Gasteiger partial charge in [-0.2, -0.15) is 0 Å². The topological polar surface area (TPSA) is 52.0 Å². The summed E-state index contributed by atoms with van der Waals surface area (Å²) in [5.41, 5.74) is 16.8. The maximum Gasteiger partial charge on any atom is 0.0424 e. The number of benzene rings is 3. The van der Waals surface area contributed by atoms with Crippen LogP contribution in [0.2, 0.25) is 0 Å². The Morgan fingerprint density at radius 1 is 0.591 bits per heavy atom. The van der Waals surface area contributed by atoms with Gasteiger partial charge < -0.3 is 11.5 Å². The predicted molar refractivity (Wildman–Crippen MR) is 93.7 cm³/mol. The van der Waals surface area contributed by atoms with Crippen molar-refractivity contribution in [3.05, 3.63) is 95.6 Å². The van der Waals surface area contributed by atoms with Gasteiger partial charge in [-0.15, -0.1) is 0 Å². The molecule has 0 radical (unpaired) electrons. The van der Waals surface area contributed by atoms with Gasteiger partial charge >= 0.3 is 0 Å². The van der Waals surface area contributed by atoms with E-state index in [1.165, 1.54) is 5.56 Å². The zero-order chi connectivity index (χ0) is 15.6. The van der Waals surface area contributed by atoms with Crippen LogP contribution in [0.15, 0.2) is 78.9 Å². The van der Waals surface area contributed by atoms with Gasteiger partial charge in [0.2, 0.25) is 0 Å². The highest BCUT2D eigenvalue weighted by Crippen LogP contribution is 2.39. The first kappa shape index (κ1) is 14.2. The van der Waals surface area contributed by atoms with Gasteiger partial charge in [0.1, 0.15) is 0 Å². The average Bonchev–Trinajstić information content (AvgIpc) is 2.55. The van der Waals surface area contributed by atoms with Gasteiger partial charge in [-0.25, -0.2) is 0 Å². The molecular weight excluding hydrogens is 268 g/mol. The third-order valence-corrected chi connectivity index (χ3v) is 4.28. The zero-order valence-electron chi connectivity index (χ0n) is 12.7. The Morgan fingerprint density at radius 2 is 1.05 bits per heavy atom. The maximum absolute atomic E-state index is 6.02. The van der Waals surface area contributed by atoms with Crippen molar-refractivity contribution in [1.29, 1.82) is 0 Å². The molecule has 0 saturated carbocycles. The average molecular weight is 288 g/mol. The van der Waals surface area contributed by atoms with E-state index in [2.05, 4.69) is 43.3 Å². The maximum atomic E-state index is 6.02. The number of nitrogens with two attached hydrogens (primary N) is 2. The quantitative estimate of drug-likeness (QED) is 0.560. The van der Waals surface area contributed by atoms with E-state index in [9.17, 15) is 0 Å². The second-order valence-electron chi connectivity index (χ2n) is 5.74. The van der Waals surface area contributed by atoms with Gasteiger partial charge in [0.05, 0.1) is 0 Å². The largest absolute Gasteiger partial charge is 0.399 e. The van der Waals surface area contributed by atoms with E-state index in [0.29, 0.717) is 0 Å². The lowest BCUT2D eigenvalue weighted by atomic mass is 9.71. The molecule has 0 fully saturated rings. The summed E-state index contributed by atoms with van der Waals surface area (Å²) in [6.45, 7) is 2.21. The molecule has 0 aromatic heterocycles. The highest BCUT2D eigenvalue weighted by molar-refractivity contribution is 5.56. The summed E-state index contributed by atoms with van der Waals surface area (Å²) in [6, 6.07) is 26.6. The molecule has 3 rings (SSSR count). The highest BCUT2D eigenvalue weighted by atomic mass is 14.6. The summed E-state index contributed by atoms with van der Waals surface area (Å²) >= 11 is 0. The lowest BCUT2D eigenvalue weighted by Crippen LogP contribution is -2.25. The van der Waals surface area contributed by atoms with Gasteiger partial charge in [-0.1, -0.05) is 54.6 Å². The fraction of sp³-hybridized carbons (Fsp3) is 0.100. The van der Waals surface area contributed by atoms with E-state index < -0.39 is 0 Å². The fourth-order valence-corrected chi connectivity index (χ4v) is 2.97. The van der Waals surface area contributed by atoms with Crippen LogP contribution >= 0.6 is 0 Å². The minimum atomic E-state index is -0.300. The molecule has 0 atom stereocenters. The van der Waals surface area contributed by atoms with E-state index in [1.54, 1.807) is 0 Å². The minimum absolute atomic E-state index is 0.300. The van der Waals surface area contributed by atoms with Crippen LogP contribution in [-0.4, -0.2) is 0 Å². The Kier molecular flexibility index (Phi) is 3.60. The van der Waals surface area contributed by atoms with E-state index in [0.717, 1.165) is 22.5 Å². The SMILES string of the molecule is CC(c1ccccc1)(c1cccc(N)c1)c1cccc(N)c1. The van der Waals surface area contributed by atoms with Gasteiger partial charge in [0.15, 0.2) is 0 Å². The molecule has 0 aliphatic rings. The summed E-state index contributed by atoms with van der Waals surface area (Å²) in [5.74, 6) is 0. The molecule has 22 heavy (non-hydrogen) atoms. The third-order valence-electron chi connectivity index (χ3n) is 4.28. The molecule has 3 aromatic carbocycles. The predicted octanol–water partition coefficient (Wildman–Crippen LogP) is 4.21. The molecule has 110 valence electrons. The number of anilines is 2. The Bertz CT molecular complexity index is 733. The molecule has 0 amide bonds. The van der Waals surface area contributed by atoms with Gasteiger partial charge in [0, 0.05) is 16.8 Å². The van der Waals surface area contributed by atoms with Gasteiger partial charge in [-0.05, 0) is 47.9 Å². The Hall–Kier alpha value is -2.74. The molecule has 0 bridgehead atoms. The Balaban J connectivity index is 2.27. The van der Waals surface area contributed by atoms with Crippen molar-refractivity contribution in [2.24, 2.45) is 0 Å². The Labute approximate surface area is 131 Å². The molecule has 0 aliphatic heterocycles. The minimum Gasteiger partial charge on any atom is -0.399 e. The van der Waals surface area contributed by atoms with Crippen LogP contribution in [0.3, 0.4) is 0 Å². The standard InChI is InChI=1S/C20H20N2/c1-20(15-7-3-2-4-8-15,16-9-5-11-18(21)13-16)17-10-6-12-19(22)14-17/h2-14H,21-22H2,1H3. The summed E-state index contributed by atoms with van der Waals surface area (Å²) < 4.78 is 0. The smallest absolute Gasteiger partial charge is 0.0424 e. The van der Waals surface area contributed by atoms with Crippen molar-refractivity contribution < 1.29 is 0 Å². The van der Waals surface area contributed by atoms with Crippen LogP contribution in [0.5, 0.6) is 0 Å². The van der Waals surface area contributed by atoms with Crippen molar-refractivity contribution in [3.8, 4) is 0 Å². The highest BCUT2D eigenvalue weighted by Gasteiger charge is 2.31. The van der Waals surface area contributed by atoms with Crippen LogP contribution in [0, 0.1) is 0 Å². The molecule has 0 spiro atoms. The van der Waals surface area contributed by atoms with Crippen molar-refractivity contribution in [2.75, 3.05) is 11.5 Å². The van der Waals surface area contributed by atoms with E-state index in [-0.39, 0.29) is 5.41 Å². The second kappa shape index (κ2) is 5.57. The molecule has 0 saturated heterocycles. The normalized spacial score (nSPS) is 11.3. The fourth-order valence-electron chi connectivity index (χ4n) is 2.97. The van der Waals surface area contributed by atoms with Gasteiger partial charge in [-0.3, -0.25) is 0 Å². The van der Waals surface area contributed by atoms with E-state index >= 15 is 0 Å². The molecule has 2 nitrogen and oxygen atoms in total. The monoisotopic (exact) mass is 288 g/mol. The molecule has 0 aliphatic carbocycles. The van der Waals surface area contributed by atoms with Crippen molar-refractivity contribution in [1.82, 2.24) is 0 Å². The van der Waals surface area contributed by atoms with E-state index in [4.69, 9.17) is 11.5 Å². The first-order chi connectivity index (χ1) is 10.6. The number of hydrogen-bond donors (Lipinski definition) is 2. The number of nitrogen functional groups attached to an aromatic ring is 2. The summed E-state index contributed by atoms with van der Waals surface area (Å²) in [5, 5.41) is 0. The molecular formula is C20H20N2. The van der Waals surface area contributed by atoms with Crippen LogP contribution in [-0.2, 0) is 5.41 Å². The van der Waals surface area contributed by atoms with Crippen LogP contribution < -0.4 is 11.5 Å². The van der Waals surface area contributed by atoms with Crippen molar-refractivity contribution in [3.63, 3.8) is 0 Å². The van der Waals surface area contributed by atoms with E-state index in [1.807, 2.05) is 42.5 Å². The summed E-state index contributed by atoms with van der Waals surface area (Å²) in [6.07, 6.45) is 0. The lowest BCUT2D eigenvalue weighted by molar-refractivity contribution is 0.693. The van der Waals surface area contributed by atoms with Crippen molar-refractivity contribution >= 4 is 11.4 Å². The molecule has 3 aromatic rings. The second-order valence-corrected chi connectivity index (χ2v) is 5.74. The molecule has 0 unspecified atom stereocenters. The summed E-state index contributed by atoms with van der Waals surface area (Å²) in [4.78, 5) is 0. The van der Waals surface area contributed by atoms with Crippen LogP contribution in [0.25, 0.3) is 0 Å². The molecule has 2 heteroatoms. The number of hydrogen-bond acceptors (Lipinski definition) is 2. The van der Waals surface area contributed by atoms with Crippen molar-refractivity contribution in [2.45, 2.75) is 12.3 Å². The third kappa shape index (κ3) is 2.44.